The Bertz CT molecular complexity index is 449. The molecule has 0 saturated carbocycles. The molecule has 0 amide bonds. The van der Waals surface area contributed by atoms with Crippen LogP contribution in [0.25, 0.3) is 0 Å². The van der Waals surface area contributed by atoms with E-state index in [2.05, 4.69) is 42.3 Å². The molecule has 0 fully saturated rings. The van der Waals surface area contributed by atoms with Gasteiger partial charge in [0.05, 0.1) is 13.1 Å². The molecule has 0 atom stereocenters. The van der Waals surface area contributed by atoms with Crippen molar-refractivity contribution in [2.24, 2.45) is 0 Å². The van der Waals surface area contributed by atoms with E-state index in [0.717, 1.165) is 6.54 Å². The van der Waals surface area contributed by atoms with E-state index in [4.69, 9.17) is 0 Å². The molecule has 0 aliphatic carbocycles. The van der Waals surface area contributed by atoms with Crippen molar-refractivity contribution in [1.82, 2.24) is 4.57 Å². The maximum Gasteiger partial charge on any atom is 0.256 e. The van der Waals surface area contributed by atoms with Crippen LogP contribution < -0.4 is 4.57 Å². The summed E-state index contributed by atoms with van der Waals surface area (Å²) in [7, 11) is 0. The van der Waals surface area contributed by atoms with Crippen molar-refractivity contribution in [1.29, 1.82) is 0 Å². The van der Waals surface area contributed by atoms with Gasteiger partial charge in [-0.15, -0.1) is 0 Å². The largest absolute Gasteiger partial charge is 0.256 e. The summed E-state index contributed by atoms with van der Waals surface area (Å²) < 4.78 is 5.01. The summed E-state index contributed by atoms with van der Waals surface area (Å²) >= 11 is 0. The van der Waals surface area contributed by atoms with Gasteiger partial charge in [0.2, 0.25) is 0 Å². The third-order valence-corrected chi connectivity index (χ3v) is 6.19. The van der Waals surface area contributed by atoms with Crippen LogP contribution in [-0.4, -0.2) is 4.57 Å². The van der Waals surface area contributed by atoms with Gasteiger partial charge in [-0.05, 0) is 26.2 Å². The van der Waals surface area contributed by atoms with Gasteiger partial charge in [0.15, 0.2) is 0 Å². The van der Waals surface area contributed by atoms with Crippen molar-refractivity contribution < 1.29 is 4.57 Å². The second-order valence-corrected chi connectivity index (χ2v) is 8.75. The van der Waals surface area contributed by atoms with Gasteiger partial charge in [-0.3, -0.25) is 0 Å². The van der Waals surface area contributed by atoms with Crippen molar-refractivity contribution in [3.63, 3.8) is 0 Å². The molecule has 0 unspecified atom stereocenters. The standard InChI is InChI=1S/C26H51N2/c1-4-7-9-11-13-15-17-19-21-23-28-25-24-27(6-3)26(28)22-20-18-16-14-12-10-8-5-2/h24-25H,4-23H2,1-3H3/q+1. The lowest BCUT2D eigenvalue weighted by Gasteiger charge is -2.05. The number of aromatic nitrogens is 2. The van der Waals surface area contributed by atoms with Gasteiger partial charge in [0.1, 0.15) is 12.4 Å². The maximum absolute atomic E-state index is 2.55. The average Bonchev–Trinajstić information content (AvgIpc) is 3.10. The number of rotatable bonds is 20. The van der Waals surface area contributed by atoms with Crippen LogP contribution in [0.1, 0.15) is 136 Å². The Morgan fingerprint density at radius 3 is 1.57 bits per heavy atom. The van der Waals surface area contributed by atoms with Gasteiger partial charge in [-0.1, -0.05) is 104 Å². The topological polar surface area (TPSA) is 8.81 Å². The zero-order valence-electron chi connectivity index (χ0n) is 19.7. The van der Waals surface area contributed by atoms with Gasteiger partial charge in [-0.2, -0.15) is 0 Å². The molecule has 0 bridgehead atoms. The van der Waals surface area contributed by atoms with E-state index in [1.54, 1.807) is 5.82 Å². The molecule has 164 valence electrons. The minimum Gasteiger partial charge on any atom is -0.235 e. The minimum absolute atomic E-state index is 1.11. The van der Waals surface area contributed by atoms with Crippen LogP contribution in [0.5, 0.6) is 0 Å². The van der Waals surface area contributed by atoms with Gasteiger partial charge >= 0.3 is 0 Å². The van der Waals surface area contributed by atoms with E-state index in [-0.39, 0.29) is 0 Å². The van der Waals surface area contributed by atoms with Crippen molar-refractivity contribution in [3.8, 4) is 0 Å². The molecule has 2 nitrogen and oxygen atoms in total. The first kappa shape index (κ1) is 25.2. The fourth-order valence-corrected chi connectivity index (χ4v) is 4.29. The quantitative estimate of drug-likeness (QED) is 0.157. The second kappa shape index (κ2) is 18.3. The summed E-state index contributed by atoms with van der Waals surface area (Å²) in [6.45, 7) is 9.20. The molecule has 1 aromatic rings. The van der Waals surface area contributed by atoms with Crippen LogP contribution in [0.3, 0.4) is 0 Å². The summed E-state index contributed by atoms with van der Waals surface area (Å²) in [5.74, 6) is 1.56. The van der Waals surface area contributed by atoms with E-state index in [0.29, 0.717) is 0 Å². The fourth-order valence-electron chi connectivity index (χ4n) is 4.29. The van der Waals surface area contributed by atoms with Crippen LogP contribution in [0.2, 0.25) is 0 Å². The van der Waals surface area contributed by atoms with E-state index < -0.39 is 0 Å². The second-order valence-electron chi connectivity index (χ2n) is 8.75. The third kappa shape index (κ3) is 11.9. The Kier molecular flexibility index (Phi) is 16.5. The number of hydrogen-bond donors (Lipinski definition) is 0. The molecule has 2 heteroatoms. The summed E-state index contributed by atoms with van der Waals surface area (Å²) in [6.07, 6.45) is 29.9. The number of nitrogens with zero attached hydrogens (tertiary/aromatic N) is 2. The van der Waals surface area contributed by atoms with Crippen LogP contribution in [0, 0.1) is 0 Å². The number of imidazole rings is 1. The molecule has 1 rings (SSSR count). The van der Waals surface area contributed by atoms with Crippen molar-refractivity contribution in [2.45, 2.75) is 149 Å². The highest BCUT2D eigenvalue weighted by Crippen LogP contribution is 2.12. The Balaban J connectivity index is 2.16. The van der Waals surface area contributed by atoms with Crippen molar-refractivity contribution in [2.75, 3.05) is 0 Å². The predicted molar refractivity (Wildman–Crippen MR) is 124 cm³/mol. The average molecular weight is 392 g/mol. The minimum atomic E-state index is 1.11. The summed E-state index contributed by atoms with van der Waals surface area (Å²) in [5, 5.41) is 0. The number of hydrogen-bond acceptors (Lipinski definition) is 0. The zero-order chi connectivity index (χ0) is 20.3. The number of aryl methyl sites for hydroxylation is 2. The van der Waals surface area contributed by atoms with E-state index in [9.17, 15) is 0 Å². The molecular weight excluding hydrogens is 340 g/mol. The monoisotopic (exact) mass is 391 g/mol. The molecule has 1 heterocycles. The van der Waals surface area contributed by atoms with Crippen LogP contribution in [0.15, 0.2) is 12.4 Å². The lowest BCUT2D eigenvalue weighted by atomic mass is 10.1. The fraction of sp³-hybridized carbons (Fsp3) is 0.885. The Hall–Kier alpha value is -0.790. The molecule has 0 N–H and O–H groups in total. The highest BCUT2D eigenvalue weighted by atomic mass is 15.1. The predicted octanol–water partition coefficient (Wildman–Crippen LogP) is 8.01. The van der Waals surface area contributed by atoms with Gasteiger partial charge in [-0.25, -0.2) is 9.13 Å². The van der Waals surface area contributed by atoms with Crippen LogP contribution >= 0.6 is 0 Å². The van der Waals surface area contributed by atoms with Crippen LogP contribution in [0.4, 0.5) is 0 Å². The normalized spacial score (nSPS) is 11.4. The van der Waals surface area contributed by atoms with Crippen molar-refractivity contribution in [3.05, 3.63) is 18.2 Å². The first-order chi connectivity index (χ1) is 13.8. The van der Waals surface area contributed by atoms with E-state index in [1.807, 2.05) is 0 Å². The van der Waals surface area contributed by atoms with Gasteiger partial charge in [0.25, 0.3) is 5.82 Å². The van der Waals surface area contributed by atoms with Crippen LogP contribution in [-0.2, 0) is 19.5 Å². The SMILES string of the molecule is CCCCCCCCCCC[n+]1ccn(CC)c1CCCCCCCCCC. The third-order valence-electron chi connectivity index (χ3n) is 6.19. The summed E-state index contributed by atoms with van der Waals surface area (Å²) in [5.41, 5.74) is 0. The Labute approximate surface area is 177 Å². The highest BCUT2D eigenvalue weighted by molar-refractivity contribution is 4.83. The Morgan fingerprint density at radius 1 is 0.607 bits per heavy atom. The molecule has 1 aromatic heterocycles. The lowest BCUT2D eigenvalue weighted by molar-refractivity contribution is -0.704. The van der Waals surface area contributed by atoms with Gasteiger partial charge < -0.3 is 0 Å². The molecule has 0 aromatic carbocycles. The van der Waals surface area contributed by atoms with E-state index in [1.165, 1.54) is 122 Å². The Morgan fingerprint density at radius 2 is 1.07 bits per heavy atom. The molecule has 0 saturated heterocycles. The highest BCUT2D eigenvalue weighted by Gasteiger charge is 2.15. The molecule has 0 radical (unpaired) electrons. The maximum atomic E-state index is 2.55. The summed E-state index contributed by atoms with van der Waals surface area (Å²) in [6, 6.07) is 0. The smallest absolute Gasteiger partial charge is 0.235 e. The molecule has 0 aliphatic heterocycles. The molecular formula is C26H51N2+. The molecule has 28 heavy (non-hydrogen) atoms. The lowest BCUT2D eigenvalue weighted by Crippen LogP contribution is -2.37. The molecule has 0 spiro atoms. The van der Waals surface area contributed by atoms with E-state index >= 15 is 0 Å². The first-order valence-corrected chi connectivity index (χ1v) is 12.9. The summed E-state index contributed by atoms with van der Waals surface area (Å²) in [4.78, 5) is 0. The van der Waals surface area contributed by atoms with Gasteiger partial charge in [0, 0.05) is 6.42 Å². The zero-order valence-corrected chi connectivity index (χ0v) is 19.7. The van der Waals surface area contributed by atoms with Crippen molar-refractivity contribution >= 4 is 0 Å². The first-order valence-electron chi connectivity index (χ1n) is 12.9. The number of unbranched alkanes of at least 4 members (excludes halogenated alkanes) is 15. The molecule has 0 aliphatic rings.